The van der Waals surface area contributed by atoms with Gasteiger partial charge in [0.1, 0.15) is 8.24 Å². The molecule has 0 saturated heterocycles. The molecule has 0 heterocycles. The van der Waals surface area contributed by atoms with Crippen molar-refractivity contribution in [2.24, 2.45) is 16.7 Å². The molecule has 4 unspecified atom stereocenters. The van der Waals surface area contributed by atoms with Crippen molar-refractivity contribution in [3.8, 4) is 0 Å². The molecule has 0 aromatic heterocycles. The van der Waals surface area contributed by atoms with Crippen LogP contribution in [0, 0.1) is 16.7 Å². The third-order valence-electron chi connectivity index (χ3n) is 6.29. The zero-order valence-electron chi connectivity index (χ0n) is 12.3. The fourth-order valence-electron chi connectivity index (χ4n) is 5.77. The van der Waals surface area contributed by atoms with Gasteiger partial charge in [-0.1, -0.05) is 50.7 Å². The van der Waals surface area contributed by atoms with E-state index in [4.69, 9.17) is 0 Å². The first-order valence-corrected chi connectivity index (χ1v) is 10.6. The van der Waals surface area contributed by atoms with E-state index in [1.54, 1.807) is 0 Å². The normalized spacial score (nSPS) is 46.2. The highest BCUT2D eigenvalue weighted by molar-refractivity contribution is 6.76. The van der Waals surface area contributed by atoms with E-state index in [9.17, 15) is 0 Å². The summed E-state index contributed by atoms with van der Waals surface area (Å²) in [7, 11) is 0.836. The van der Waals surface area contributed by atoms with Crippen molar-refractivity contribution in [2.45, 2.75) is 51.2 Å². The minimum atomic E-state index is -1.35. The second kappa shape index (κ2) is 3.83. The van der Waals surface area contributed by atoms with Gasteiger partial charge in [0.15, 0.2) is 0 Å². The van der Waals surface area contributed by atoms with Crippen molar-refractivity contribution >= 4 is 8.24 Å². The Morgan fingerprint density at radius 3 is 2.61 bits per heavy atom. The van der Waals surface area contributed by atoms with Gasteiger partial charge in [0.2, 0.25) is 0 Å². The first kappa shape index (κ1) is 12.7. The summed E-state index contributed by atoms with van der Waals surface area (Å²) in [6, 6.07) is 0. The number of nitrogens with one attached hydrogen (secondary N) is 1. The molecule has 3 rings (SSSR count). The molecule has 1 nitrogen and oxygen atoms in total. The first-order chi connectivity index (χ1) is 8.47. The summed E-state index contributed by atoms with van der Waals surface area (Å²) in [6.45, 7) is 7.57. The maximum atomic E-state index is 3.73. The van der Waals surface area contributed by atoms with Crippen LogP contribution in [0.1, 0.15) is 32.6 Å². The Kier molecular flexibility index (Phi) is 2.70. The van der Waals surface area contributed by atoms with Gasteiger partial charge in [0.25, 0.3) is 0 Å². The quantitative estimate of drug-likeness (QED) is 0.738. The van der Waals surface area contributed by atoms with E-state index >= 15 is 0 Å². The summed E-state index contributed by atoms with van der Waals surface area (Å²) >= 11 is 0. The zero-order valence-corrected chi connectivity index (χ0v) is 13.3. The molecule has 1 N–H and O–H groups in total. The fraction of sp³-hybridized carbons (Fsp3) is 0.750. The van der Waals surface area contributed by atoms with Crippen LogP contribution in [0.5, 0.6) is 0 Å². The molecule has 3 aliphatic carbocycles. The molecule has 2 fully saturated rings. The summed E-state index contributed by atoms with van der Waals surface area (Å²) < 4.78 is 0. The predicted molar refractivity (Wildman–Crippen MR) is 81.1 cm³/mol. The Hall–Kier alpha value is -0.343. The number of rotatable bonds is 2. The van der Waals surface area contributed by atoms with E-state index < -0.39 is 8.24 Å². The molecular weight excluding hydrogens is 234 g/mol. The topological polar surface area (TPSA) is 12.0 Å². The second-order valence-electron chi connectivity index (χ2n) is 7.40. The van der Waals surface area contributed by atoms with Crippen LogP contribution < -0.4 is 4.98 Å². The van der Waals surface area contributed by atoms with Gasteiger partial charge >= 0.3 is 0 Å². The summed E-state index contributed by atoms with van der Waals surface area (Å²) in [5.74, 6) is 0.867. The summed E-state index contributed by atoms with van der Waals surface area (Å²) in [6.07, 6.45) is 15.5. The fourth-order valence-corrected chi connectivity index (χ4v) is 9.44. The Balaban J connectivity index is 2.11. The van der Waals surface area contributed by atoms with E-state index in [0.717, 1.165) is 11.5 Å². The van der Waals surface area contributed by atoms with Gasteiger partial charge in [-0.2, -0.15) is 0 Å². The maximum absolute atomic E-state index is 3.73. The van der Waals surface area contributed by atoms with Gasteiger partial charge in [-0.05, 0) is 48.6 Å². The molecule has 100 valence electrons. The van der Waals surface area contributed by atoms with Gasteiger partial charge in [0.05, 0.1) is 0 Å². The van der Waals surface area contributed by atoms with Crippen LogP contribution in [0.2, 0.25) is 18.6 Å². The number of allylic oxidation sites excluding steroid dienone is 4. The van der Waals surface area contributed by atoms with Crippen molar-refractivity contribution in [1.29, 1.82) is 0 Å². The lowest BCUT2D eigenvalue weighted by atomic mass is 9.66. The number of hydrogen-bond acceptors (Lipinski definition) is 1. The Morgan fingerprint density at radius 1 is 1.17 bits per heavy atom. The minimum absolute atomic E-state index is 0.486. The van der Waals surface area contributed by atoms with E-state index in [1.165, 1.54) is 25.7 Å². The van der Waals surface area contributed by atoms with Crippen LogP contribution in [0.4, 0.5) is 0 Å². The molecule has 0 amide bonds. The lowest BCUT2D eigenvalue weighted by molar-refractivity contribution is 0.225. The maximum Gasteiger partial charge on any atom is 0.123 e. The predicted octanol–water partition coefficient (Wildman–Crippen LogP) is 4.10. The Morgan fingerprint density at radius 2 is 1.89 bits per heavy atom. The molecule has 0 aromatic rings. The van der Waals surface area contributed by atoms with Gasteiger partial charge < -0.3 is 4.98 Å². The standard InChI is InChI=1S/C16H27NSi/c1-13-12-15-8-5-6-10-16(15,11-7-9-15)14(13)18(3,4)17-2/h5-6,8,10,13-14,17H,7,9,11-12H2,1-4H3. The summed E-state index contributed by atoms with van der Waals surface area (Å²) in [4.78, 5) is 3.73. The summed E-state index contributed by atoms with van der Waals surface area (Å²) in [5.41, 5.74) is 1.88. The molecule has 0 bridgehead atoms. The van der Waals surface area contributed by atoms with Crippen molar-refractivity contribution in [2.75, 3.05) is 7.05 Å². The van der Waals surface area contributed by atoms with E-state index in [0.29, 0.717) is 10.8 Å². The zero-order chi connectivity index (χ0) is 13.0. The van der Waals surface area contributed by atoms with E-state index in [-0.39, 0.29) is 0 Å². The smallest absolute Gasteiger partial charge is 0.123 e. The molecule has 0 aliphatic heterocycles. The van der Waals surface area contributed by atoms with Crippen LogP contribution in [0.15, 0.2) is 24.3 Å². The first-order valence-electron chi connectivity index (χ1n) is 7.53. The molecule has 0 aromatic carbocycles. The SMILES string of the molecule is CN[Si](C)(C)C1C(C)CC23C=CC=CC12CCC3. The lowest BCUT2D eigenvalue weighted by Gasteiger charge is -2.47. The highest BCUT2D eigenvalue weighted by Gasteiger charge is 2.65. The van der Waals surface area contributed by atoms with Crippen molar-refractivity contribution in [3.05, 3.63) is 24.3 Å². The largest absolute Gasteiger partial charge is 0.340 e. The molecule has 2 heteroatoms. The lowest BCUT2D eigenvalue weighted by Crippen LogP contribution is -2.53. The third-order valence-corrected chi connectivity index (χ3v) is 10.2. The average Bonchev–Trinajstić information content (AvgIpc) is 2.78. The van der Waals surface area contributed by atoms with Crippen LogP contribution in [-0.2, 0) is 0 Å². The monoisotopic (exact) mass is 261 g/mol. The van der Waals surface area contributed by atoms with Crippen LogP contribution in [-0.4, -0.2) is 15.3 Å². The van der Waals surface area contributed by atoms with Crippen molar-refractivity contribution in [3.63, 3.8) is 0 Å². The molecular formula is C16H27NSi. The van der Waals surface area contributed by atoms with E-state index in [2.05, 4.69) is 56.4 Å². The van der Waals surface area contributed by atoms with Crippen LogP contribution >= 0.6 is 0 Å². The molecule has 18 heavy (non-hydrogen) atoms. The Bertz CT molecular complexity index is 411. The molecule has 4 atom stereocenters. The average molecular weight is 261 g/mol. The van der Waals surface area contributed by atoms with Gasteiger partial charge in [-0.25, -0.2) is 0 Å². The van der Waals surface area contributed by atoms with Gasteiger partial charge in [0, 0.05) is 0 Å². The molecule has 0 spiro atoms. The minimum Gasteiger partial charge on any atom is -0.340 e. The number of hydrogen-bond donors (Lipinski definition) is 1. The van der Waals surface area contributed by atoms with Gasteiger partial charge in [-0.15, -0.1) is 0 Å². The highest BCUT2D eigenvalue weighted by Crippen LogP contribution is 2.73. The van der Waals surface area contributed by atoms with Crippen molar-refractivity contribution in [1.82, 2.24) is 4.98 Å². The van der Waals surface area contributed by atoms with Crippen molar-refractivity contribution < 1.29 is 0 Å². The molecule has 3 aliphatic rings. The molecule has 2 saturated carbocycles. The third kappa shape index (κ3) is 1.36. The highest BCUT2D eigenvalue weighted by atomic mass is 28.3. The Labute approximate surface area is 113 Å². The van der Waals surface area contributed by atoms with E-state index in [1.807, 2.05) is 0 Å². The van der Waals surface area contributed by atoms with Crippen LogP contribution in [0.3, 0.4) is 0 Å². The second-order valence-corrected chi connectivity index (χ2v) is 12.0. The van der Waals surface area contributed by atoms with Gasteiger partial charge in [-0.3, -0.25) is 0 Å². The summed E-state index contributed by atoms with van der Waals surface area (Å²) in [5, 5.41) is 0. The molecule has 0 radical (unpaired) electrons. The van der Waals surface area contributed by atoms with Crippen LogP contribution in [0.25, 0.3) is 0 Å².